The van der Waals surface area contributed by atoms with Gasteiger partial charge in [0.15, 0.2) is 0 Å². The Kier molecular flexibility index (Phi) is 4.26. The van der Waals surface area contributed by atoms with Crippen LogP contribution in [-0.4, -0.2) is 49.2 Å². The molecule has 0 N–H and O–H groups in total. The molecule has 1 heterocycles. The van der Waals surface area contributed by atoms with Gasteiger partial charge in [-0.3, -0.25) is 9.69 Å². The van der Waals surface area contributed by atoms with E-state index in [0.717, 1.165) is 26.2 Å². The van der Waals surface area contributed by atoms with Crippen LogP contribution in [0.25, 0.3) is 0 Å². The predicted molar refractivity (Wildman–Crippen MR) is 98.4 cm³/mol. The van der Waals surface area contributed by atoms with Gasteiger partial charge >= 0.3 is 0 Å². The van der Waals surface area contributed by atoms with Crippen molar-refractivity contribution in [2.45, 2.75) is 38.6 Å². The van der Waals surface area contributed by atoms with Crippen LogP contribution in [0.4, 0.5) is 5.69 Å². The molecule has 2 aliphatic rings. The van der Waals surface area contributed by atoms with E-state index in [-0.39, 0.29) is 10.8 Å². The van der Waals surface area contributed by atoms with E-state index in [1.54, 1.807) is 11.8 Å². The van der Waals surface area contributed by atoms with Crippen LogP contribution in [-0.2, 0) is 4.79 Å². The van der Waals surface area contributed by atoms with E-state index in [2.05, 4.69) is 68.0 Å². The highest BCUT2D eigenvalue weighted by molar-refractivity contribution is 7.98. The van der Waals surface area contributed by atoms with Crippen LogP contribution in [0, 0.1) is 10.8 Å². The fourth-order valence-electron chi connectivity index (χ4n) is 4.85. The number of thioether (sulfide) groups is 1. The summed E-state index contributed by atoms with van der Waals surface area (Å²) in [6.07, 6.45) is 2.11. The molecule has 126 valence electrons. The molecule has 3 rings (SSSR count). The summed E-state index contributed by atoms with van der Waals surface area (Å²) in [4.78, 5) is 18.7. The van der Waals surface area contributed by atoms with E-state index in [0.29, 0.717) is 11.8 Å². The Morgan fingerprint density at radius 1 is 0.957 bits per heavy atom. The molecule has 3 nitrogen and oxygen atoms in total. The fourth-order valence-corrected chi connectivity index (χ4v) is 5.26. The van der Waals surface area contributed by atoms with Crippen molar-refractivity contribution >= 4 is 23.2 Å². The minimum absolute atomic E-state index is 0.203. The number of rotatable bonds is 3. The van der Waals surface area contributed by atoms with Gasteiger partial charge < -0.3 is 4.90 Å². The van der Waals surface area contributed by atoms with Gasteiger partial charge in [0.2, 0.25) is 0 Å². The Bertz CT molecular complexity index is 568. The third kappa shape index (κ3) is 2.70. The average molecular weight is 333 g/mol. The van der Waals surface area contributed by atoms with Crippen molar-refractivity contribution in [2.75, 3.05) is 37.3 Å². The first-order chi connectivity index (χ1) is 10.8. The zero-order valence-corrected chi connectivity index (χ0v) is 15.7. The first kappa shape index (κ1) is 16.8. The molecule has 0 aromatic heterocycles. The summed E-state index contributed by atoms with van der Waals surface area (Å²) in [6, 6.07) is 9.21. The number of carbonyl (C=O) groups excluding carboxylic acids is 1. The maximum Gasteiger partial charge on any atom is 0.147 e. The number of piperazine rings is 1. The van der Waals surface area contributed by atoms with Crippen LogP contribution in [0.2, 0.25) is 0 Å². The number of nitrogens with zero attached hydrogens (tertiary/aromatic N) is 2. The third-order valence-corrected chi connectivity index (χ3v) is 6.40. The molecule has 0 amide bonds. The van der Waals surface area contributed by atoms with Gasteiger partial charge in [-0.2, -0.15) is 0 Å². The van der Waals surface area contributed by atoms with Crippen molar-refractivity contribution in [1.29, 1.82) is 0 Å². The van der Waals surface area contributed by atoms with Crippen LogP contribution in [0.15, 0.2) is 29.2 Å². The second kappa shape index (κ2) is 5.82. The second-order valence-corrected chi connectivity index (χ2v) is 8.78. The fraction of sp³-hybridized carbons (Fsp3) is 0.632. The first-order valence-corrected chi connectivity index (χ1v) is 9.69. The maximum atomic E-state index is 12.4. The Morgan fingerprint density at radius 3 is 1.96 bits per heavy atom. The van der Waals surface area contributed by atoms with Crippen molar-refractivity contribution < 1.29 is 4.79 Å². The molecule has 4 heteroatoms. The summed E-state index contributed by atoms with van der Waals surface area (Å²) < 4.78 is 0. The normalized spacial score (nSPS) is 24.6. The van der Waals surface area contributed by atoms with Crippen molar-refractivity contribution in [3.63, 3.8) is 0 Å². The Labute approximate surface area is 144 Å². The maximum absolute atomic E-state index is 12.4. The minimum Gasteiger partial charge on any atom is -0.369 e. The van der Waals surface area contributed by atoms with Crippen molar-refractivity contribution in [3.8, 4) is 0 Å². The SMILES string of the molecule is CSc1ccc(N2CCN(C3C(C)(C)C(=O)C3(C)C)CC2)cc1. The standard InChI is InChI=1S/C19H28N2OS/c1-18(2)16(19(3,4)17(18)22)21-12-10-20(11-13-21)14-6-8-15(23-5)9-7-14/h6-9,16H,10-13H2,1-5H3. The number of hydrogen-bond donors (Lipinski definition) is 0. The second-order valence-electron chi connectivity index (χ2n) is 7.90. The van der Waals surface area contributed by atoms with Crippen molar-refractivity contribution in [1.82, 2.24) is 4.90 Å². The van der Waals surface area contributed by atoms with E-state index >= 15 is 0 Å². The summed E-state index contributed by atoms with van der Waals surface area (Å²) in [5.74, 6) is 0.407. The van der Waals surface area contributed by atoms with Gasteiger partial charge in [-0.1, -0.05) is 27.7 Å². The lowest BCUT2D eigenvalue weighted by Crippen LogP contribution is -2.72. The van der Waals surface area contributed by atoms with Gasteiger partial charge in [0.1, 0.15) is 5.78 Å². The molecule has 1 saturated carbocycles. The summed E-state index contributed by atoms with van der Waals surface area (Å²) >= 11 is 1.78. The van der Waals surface area contributed by atoms with Crippen LogP contribution in [0.3, 0.4) is 0 Å². The number of carbonyl (C=O) groups is 1. The minimum atomic E-state index is -0.203. The molecule has 2 fully saturated rings. The number of ketones is 1. The average Bonchev–Trinajstić information content (AvgIpc) is 2.54. The molecule has 1 saturated heterocycles. The lowest BCUT2D eigenvalue weighted by molar-refractivity contribution is -0.170. The van der Waals surface area contributed by atoms with Crippen LogP contribution >= 0.6 is 11.8 Å². The van der Waals surface area contributed by atoms with Crippen LogP contribution in [0.1, 0.15) is 27.7 Å². The molecular weight excluding hydrogens is 304 g/mol. The smallest absolute Gasteiger partial charge is 0.147 e. The number of Topliss-reactive ketones (excluding diaryl/α,β-unsaturated/α-hetero) is 1. The molecule has 0 atom stereocenters. The van der Waals surface area contributed by atoms with E-state index < -0.39 is 0 Å². The summed E-state index contributed by atoms with van der Waals surface area (Å²) in [5, 5.41) is 0. The van der Waals surface area contributed by atoms with Crippen LogP contribution < -0.4 is 4.90 Å². The lowest BCUT2D eigenvalue weighted by atomic mass is 9.50. The molecule has 1 aliphatic carbocycles. The zero-order valence-electron chi connectivity index (χ0n) is 14.9. The summed E-state index contributed by atoms with van der Waals surface area (Å²) in [5.41, 5.74) is 0.905. The topological polar surface area (TPSA) is 23.6 Å². The van der Waals surface area contributed by atoms with Crippen LogP contribution in [0.5, 0.6) is 0 Å². The first-order valence-electron chi connectivity index (χ1n) is 8.46. The Morgan fingerprint density at radius 2 is 1.48 bits per heavy atom. The molecule has 1 aromatic rings. The van der Waals surface area contributed by atoms with Gasteiger partial charge in [0.05, 0.1) is 0 Å². The molecule has 0 spiro atoms. The van der Waals surface area contributed by atoms with E-state index in [1.165, 1.54) is 10.6 Å². The monoisotopic (exact) mass is 332 g/mol. The van der Waals surface area contributed by atoms with Gasteiger partial charge in [-0.15, -0.1) is 11.8 Å². The lowest BCUT2D eigenvalue weighted by Gasteiger charge is -2.60. The van der Waals surface area contributed by atoms with Gasteiger partial charge in [-0.25, -0.2) is 0 Å². The quantitative estimate of drug-likeness (QED) is 0.790. The Balaban J connectivity index is 1.65. The third-order valence-electron chi connectivity index (χ3n) is 5.65. The highest BCUT2D eigenvalue weighted by atomic mass is 32.2. The molecular formula is C19H28N2OS. The van der Waals surface area contributed by atoms with Crippen molar-refractivity contribution in [2.24, 2.45) is 10.8 Å². The number of benzene rings is 1. The zero-order chi connectivity index (χ0) is 16.8. The molecule has 0 bridgehead atoms. The number of anilines is 1. The molecule has 0 radical (unpaired) electrons. The highest BCUT2D eigenvalue weighted by Crippen LogP contribution is 2.53. The van der Waals surface area contributed by atoms with E-state index in [1.807, 2.05) is 0 Å². The van der Waals surface area contributed by atoms with Crippen molar-refractivity contribution in [3.05, 3.63) is 24.3 Å². The van der Waals surface area contributed by atoms with E-state index in [9.17, 15) is 4.79 Å². The van der Waals surface area contributed by atoms with Gasteiger partial charge in [-0.05, 0) is 30.5 Å². The number of hydrogen-bond acceptors (Lipinski definition) is 4. The largest absolute Gasteiger partial charge is 0.369 e. The van der Waals surface area contributed by atoms with Gasteiger partial charge in [0, 0.05) is 53.6 Å². The summed E-state index contributed by atoms with van der Waals surface area (Å²) in [6.45, 7) is 12.6. The Hall–Kier alpha value is -1.00. The molecule has 1 aromatic carbocycles. The molecule has 1 aliphatic heterocycles. The molecule has 23 heavy (non-hydrogen) atoms. The summed E-state index contributed by atoms with van der Waals surface area (Å²) in [7, 11) is 0. The predicted octanol–water partition coefficient (Wildman–Crippen LogP) is 3.53. The van der Waals surface area contributed by atoms with E-state index in [4.69, 9.17) is 0 Å². The van der Waals surface area contributed by atoms with Gasteiger partial charge in [0.25, 0.3) is 0 Å². The highest BCUT2D eigenvalue weighted by Gasteiger charge is 2.63. The molecule has 0 unspecified atom stereocenters.